The molecule has 5 nitrogen and oxygen atoms in total. The molecule has 150 valence electrons. The smallest absolute Gasteiger partial charge is 0.191 e. The molecule has 0 radical (unpaired) electrons. The van der Waals surface area contributed by atoms with Gasteiger partial charge in [0.25, 0.3) is 0 Å². The Hall–Kier alpha value is -0.0600. The number of guanidine groups is 1. The van der Waals surface area contributed by atoms with E-state index in [1.54, 1.807) is 11.3 Å². The zero-order valence-electron chi connectivity index (χ0n) is 15.7. The highest BCUT2D eigenvalue weighted by molar-refractivity contribution is 14.0. The van der Waals surface area contributed by atoms with Crippen LogP contribution in [0.5, 0.6) is 0 Å². The fraction of sp³-hybridized carbons (Fsp3) is 0.778. The Morgan fingerprint density at radius 2 is 2.15 bits per heavy atom. The first-order valence-electron chi connectivity index (χ1n) is 9.43. The lowest BCUT2D eigenvalue weighted by Gasteiger charge is -2.35. The quantitative estimate of drug-likeness (QED) is 0.145. The summed E-state index contributed by atoms with van der Waals surface area (Å²) >= 11 is 3.51. The van der Waals surface area contributed by atoms with Crippen LogP contribution in [0.4, 0.5) is 0 Å². The second-order valence-corrected chi connectivity index (χ2v) is 8.89. The van der Waals surface area contributed by atoms with Gasteiger partial charge in [-0.05, 0) is 38.0 Å². The van der Waals surface area contributed by atoms with Crippen LogP contribution < -0.4 is 10.6 Å². The maximum absolute atomic E-state index is 9.44. The zero-order valence-corrected chi connectivity index (χ0v) is 19.7. The van der Waals surface area contributed by atoms with Crippen molar-refractivity contribution in [3.8, 4) is 0 Å². The van der Waals surface area contributed by atoms with Crippen LogP contribution in [-0.2, 0) is 0 Å². The van der Waals surface area contributed by atoms with Crippen molar-refractivity contribution in [2.75, 3.05) is 32.0 Å². The Morgan fingerprint density at radius 1 is 1.35 bits per heavy atom. The molecular weight excluding hydrogens is 479 g/mol. The average Bonchev–Trinajstić information content (AvgIpc) is 3.14. The molecular formula is C18H33IN4OS2. The summed E-state index contributed by atoms with van der Waals surface area (Å²) in [6, 6.07) is 0. The summed E-state index contributed by atoms with van der Waals surface area (Å²) in [6.07, 6.45) is 10.1. The minimum atomic E-state index is 0. The van der Waals surface area contributed by atoms with E-state index in [1.165, 1.54) is 32.1 Å². The third kappa shape index (κ3) is 8.75. The van der Waals surface area contributed by atoms with Crippen LogP contribution in [0.2, 0.25) is 0 Å². The number of hydrogen-bond donors (Lipinski definition) is 3. The second-order valence-electron chi connectivity index (χ2n) is 6.66. The van der Waals surface area contributed by atoms with Crippen molar-refractivity contribution in [3.05, 3.63) is 11.6 Å². The molecule has 1 aromatic rings. The molecule has 0 spiro atoms. The molecule has 1 fully saturated rings. The summed E-state index contributed by atoms with van der Waals surface area (Å²) in [5.74, 6) is 1.97. The maximum Gasteiger partial charge on any atom is 0.191 e. The number of aliphatic imine (C=N–C) groups is 1. The normalized spacial score (nSPS) is 16.8. The van der Waals surface area contributed by atoms with Crippen molar-refractivity contribution in [3.63, 3.8) is 0 Å². The topological polar surface area (TPSA) is 69.5 Å². The van der Waals surface area contributed by atoms with Gasteiger partial charge in [0, 0.05) is 43.6 Å². The Labute approximate surface area is 183 Å². The average molecular weight is 513 g/mol. The van der Waals surface area contributed by atoms with Gasteiger partial charge < -0.3 is 15.7 Å². The first-order chi connectivity index (χ1) is 12.3. The van der Waals surface area contributed by atoms with Gasteiger partial charge in [0.1, 0.15) is 4.34 Å². The second kappa shape index (κ2) is 14.0. The van der Waals surface area contributed by atoms with E-state index < -0.39 is 0 Å². The largest absolute Gasteiger partial charge is 0.396 e. The number of aliphatic hydroxyl groups excluding tert-OH is 1. The molecule has 0 saturated heterocycles. The number of halogens is 1. The van der Waals surface area contributed by atoms with Gasteiger partial charge in [0.2, 0.25) is 0 Å². The van der Waals surface area contributed by atoms with E-state index in [0.717, 1.165) is 48.5 Å². The predicted octanol–water partition coefficient (Wildman–Crippen LogP) is 4.13. The first-order valence-corrected chi connectivity index (χ1v) is 11.3. The molecule has 1 aliphatic rings. The van der Waals surface area contributed by atoms with E-state index in [4.69, 9.17) is 4.99 Å². The Balaban J connectivity index is 0.00000338. The van der Waals surface area contributed by atoms with E-state index in [0.29, 0.717) is 0 Å². The number of thiazole rings is 1. The molecule has 1 saturated carbocycles. The van der Waals surface area contributed by atoms with E-state index in [1.807, 2.05) is 23.3 Å². The van der Waals surface area contributed by atoms with Crippen LogP contribution in [0, 0.1) is 5.41 Å². The van der Waals surface area contributed by atoms with Crippen LogP contribution >= 0.6 is 47.1 Å². The lowest BCUT2D eigenvalue weighted by Crippen LogP contribution is -2.39. The molecule has 0 bridgehead atoms. The van der Waals surface area contributed by atoms with E-state index in [-0.39, 0.29) is 36.0 Å². The van der Waals surface area contributed by atoms with E-state index >= 15 is 0 Å². The molecule has 0 atom stereocenters. The van der Waals surface area contributed by atoms with Crippen molar-refractivity contribution < 1.29 is 5.11 Å². The monoisotopic (exact) mass is 512 g/mol. The van der Waals surface area contributed by atoms with Gasteiger partial charge in [-0.15, -0.1) is 35.3 Å². The highest BCUT2D eigenvalue weighted by Gasteiger charge is 2.31. The summed E-state index contributed by atoms with van der Waals surface area (Å²) in [5.41, 5.74) is 0.204. The molecule has 26 heavy (non-hydrogen) atoms. The molecule has 3 N–H and O–H groups in total. The van der Waals surface area contributed by atoms with Gasteiger partial charge in [0.05, 0.1) is 0 Å². The minimum Gasteiger partial charge on any atom is -0.396 e. The molecule has 0 amide bonds. The highest BCUT2D eigenvalue weighted by atomic mass is 127. The summed E-state index contributed by atoms with van der Waals surface area (Å²) in [7, 11) is 0. The SMILES string of the molecule is CCNC(=NCC1(CCO)CCCCC1)NCCCSc1nccs1.I. The van der Waals surface area contributed by atoms with Gasteiger partial charge >= 0.3 is 0 Å². The molecule has 0 aliphatic heterocycles. The Kier molecular flexibility index (Phi) is 12.9. The van der Waals surface area contributed by atoms with Crippen LogP contribution in [0.25, 0.3) is 0 Å². The molecule has 1 aliphatic carbocycles. The van der Waals surface area contributed by atoms with Crippen molar-refractivity contribution in [1.29, 1.82) is 0 Å². The van der Waals surface area contributed by atoms with Gasteiger partial charge in [0.15, 0.2) is 5.96 Å². The minimum absolute atomic E-state index is 0. The molecule has 1 aromatic heterocycles. The predicted molar refractivity (Wildman–Crippen MR) is 124 cm³/mol. The van der Waals surface area contributed by atoms with Crippen molar-refractivity contribution in [2.24, 2.45) is 10.4 Å². The third-order valence-electron chi connectivity index (χ3n) is 4.72. The van der Waals surface area contributed by atoms with E-state index in [2.05, 4.69) is 22.5 Å². The zero-order chi connectivity index (χ0) is 17.8. The van der Waals surface area contributed by atoms with Gasteiger partial charge in [-0.2, -0.15) is 0 Å². The number of thioether (sulfide) groups is 1. The first kappa shape index (κ1) is 24.0. The van der Waals surface area contributed by atoms with Crippen LogP contribution in [0.15, 0.2) is 20.9 Å². The Morgan fingerprint density at radius 3 is 2.81 bits per heavy atom. The van der Waals surface area contributed by atoms with E-state index in [9.17, 15) is 5.11 Å². The fourth-order valence-electron chi connectivity index (χ4n) is 3.33. The van der Waals surface area contributed by atoms with Crippen molar-refractivity contribution in [2.45, 2.75) is 56.2 Å². The highest BCUT2D eigenvalue weighted by Crippen LogP contribution is 2.39. The molecule has 2 rings (SSSR count). The van der Waals surface area contributed by atoms with Gasteiger partial charge in [-0.25, -0.2) is 4.98 Å². The third-order valence-corrected chi connectivity index (χ3v) is 6.77. The number of nitrogens with zero attached hydrogens (tertiary/aromatic N) is 2. The summed E-state index contributed by atoms with van der Waals surface area (Å²) in [5, 5.41) is 18.3. The standard InChI is InChI=1S/C18H32N4OS2.HI/c1-2-19-16(20-10-6-13-24-17-21-11-14-25-17)22-15-18(9-12-23)7-4-3-5-8-18;/h11,14,23H,2-10,12-13,15H2,1H3,(H2,19,20,22);1H. The van der Waals surface area contributed by atoms with Crippen LogP contribution in [0.3, 0.4) is 0 Å². The summed E-state index contributed by atoms with van der Waals surface area (Å²) in [6.45, 7) is 4.97. The van der Waals surface area contributed by atoms with Crippen molar-refractivity contribution >= 4 is 53.0 Å². The van der Waals surface area contributed by atoms with Crippen LogP contribution in [-0.4, -0.2) is 48.0 Å². The number of aromatic nitrogens is 1. The number of rotatable bonds is 10. The molecule has 8 heteroatoms. The number of aliphatic hydroxyl groups is 1. The molecule has 0 aromatic carbocycles. The number of nitrogens with one attached hydrogen (secondary N) is 2. The lowest BCUT2D eigenvalue weighted by atomic mass is 9.72. The van der Waals surface area contributed by atoms with Gasteiger partial charge in [-0.1, -0.05) is 31.0 Å². The number of hydrogen-bond acceptors (Lipinski definition) is 5. The summed E-state index contributed by atoms with van der Waals surface area (Å²) in [4.78, 5) is 9.13. The molecule has 0 unspecified atom stereocenters. The van der Waals surface area contributed by atoms with Crippen LogP contribution in [0.1, 0.15) is 51.9 Å². The molecule has 1 heterocycles. The van der Waals surface area contributed by atoms with Crippen molar-refractivity contribution in [1.82, 2.24) is 15.6 Å². The lowest BCUT2D eigenvalue weighted by molar-refractivity contribution is 0.137. The maximum atomic E-state index is 9.44. The fourth-order valence-corrected chi connectivity index (χ4v) is 4.98. The summed E-state index contributed by atoms with van der Waals surface area (Å²) < 4.78 is 1.14. The Bertz CT molecular complexity index is 488. The van der Waals surface area contributed by atoms with Gasteiger partial charge in [-0.3, -0.25) is 4.99 Å².